The van der Waals surface area contributed by atoms with Crippen LogP contribution in [0.15, 0.2) is 97.1 Å². The molecule has 4 heteroatoms. The normalized spacial score (nSPS) is 15.9. The van der Waals surface area contributed by atoms with Gasteiger partial charge in [0.15, 0.2) is 0 Å². The van der Waals surface area contributed by atoms with Crippen molar-refractivity contribution in [1.82, 2.24) is 0 Å². The van der Waals surface area contributed by atoms with Crippen LogP contribution in [-0.2, 0) is 74.4 Å². The summed E-state index contributed by atoms with van der Waals surface area (Å²) in [5.41, 5.74) is 17.4. The minimum absolute atomic E-state index is 0. The fourth-order valence-electron chi connectivity index (χ4n) is 8.69. The van der Waals surface area contributed by atoms with Crippen molar-refractivity contribution in [2.75, 3.05) is 0 Å². The van der Waals surface area contributed by atoms with Crippen LogP contribution in [0.4, 0.5) is 0 Å². The van der Waals surface area contributed by atoms with Gasteiger partial charge in [-0.05, 0) is 56.8 Å². The first kappa shape index (κ1) is 59.9. The van der Waals surface area contributed by atoms with E-state index in [1.54, 1.807) is 7.62 Å². The monoisotopic (exact) mass is 1010 g/mol. The second kappa shape index (κ2) is 27.4. The van der Waals surface area contributed by atoms with E-state index in [4.69, 9.17) is 0 Å². The van der Waals surface area contributed by atoms with Crippen LogP contribution in [0.25, 0.3) is 22.3 Å². The van der Waals surface area contributed by atoms with Gasteiger partial charge >= 0.3 is 112 Å². The Balaban J connectivity index is 0.000000239. The molecule has 0 amide bonds. The Morgan fingerprint density at radius 2 is 0.750 bits per heavy atom. The maximum absolute atomic E-state index is 3.67. The van der Waals surface area contributed by atoms with Gasteiger partial charge in [-0.15, -0.1) is 35.1 Å². The molecule has 360 valence electrons. The molecule has 0 aliphatic heterocycles. The van der Waals surface area contributed by atoms with Gasteiger partial charge in [-0.25, -0.2) is 24.3 Å². The summed E-state index contributed by atoms with van der Waals surface area (Å²) in [6.45, 7) is 27.2. The van der Waals surface area contributed by atoms with Gasteiger partial charge in [0.2, 0.25) is 0 Å². The number of hydrogen-bond donors (Lipinski definition) is 0. The average Bonchev–Trinajstić information content (AvgIpc) is 4.12. The number of halogens is 2. The molecule has 4 aromatic rings. The SMILES string of the molecule is CC(C)(C)c1[c-]c2c(cc1)-c1ccc(C(C)(C)C)cc1C2.CC(C)(C)c1[c-]c2c(cc1)-c1ccc(C(C)(C)C)cc1C2.[C-]1=CC=CC1.[C-]1=CC=CC1.[Cl-].[Cl-].[Ti+2]=[C]1CCCCC1.[Ti+2]=[C]1CCCCC1. The Kier molecular flexibility index (Phi) is 24.2. The van der Waals surface area contributed by atoms with E-state index in [0.717, 1.165) is 25.7 Å². The van der Waals surface area contributed by atoms with Gasteiger partial charge in [-0.3, -0.25) is 12.2 Å². The quantitative estimate of drug-likeness (QED) is 0.105. The van der Waals surface area contributed by atoms with Crippen molar-refractivity contribution in [3.05, 3.63) is 166 Å². The molecule has 2 fully saturated rings. The van der Waals surface area contributed by atoms with E-state index >= 15 is 0 Å². The second-order valence-electron chi connectivity index (χ2n) is 23.0. The third-order valence-corrected chi connectivity index (χ3v) is 14.6. The third kappa shape index (κ3) is 18.6. The molecule has 6 aliphatic rings. The predicted octanol–water partition coefficient (Wildman–Crippen LogP) is 11.3. The average molecular weight is 1020 g/mol. The van der Waals surface area contributed by atoms with Crippen LogP contribution in [0, 0.1) is 24.3 Å². The van der Waals surface area contributed by atoms with Gasteiger partial charge in [-0.1, -0.05) is 131 Å². The van der Waals surface area contributed by atoms with Crippen LogP contribution in [0.1, 0.15) is 205 Å². The molecule has 2 saturated carbocycles. The van der Waals surface area contributed by atoms with E-state index in [-0.39, 0.29) is 46.5 Å². The molecule has 0 spiro atoms. The number of fused-ring (bicyclic) bond motifs is 6. The summed E-state index contributed by atoms with van der Waals surface area (Å²) >= 11 is 4.55. The molecule has 0 aromatic heterocycles. The third-order valence-electron chi connectivity index (χ3n) is 13.0. The first-order valence-corrected chi connectivity index (χ1v) is 26.6. The van der Waals surface area contributed by atoms with Crippen molar-refractivity contribution in [3.63, 3.8) is 0 Å². The molecule has 0 atom stereocenters. The Labute approximate surface area is 451 Å². The van der Waals surface area contributed by atoms with Crippen molar-refractivity contribution in [3.8, 4) is 22.3 Å². The van der Waals surface area contributed by atoms with Gasteiger partial charge in [0, 0.05) is 0 Å². The van der Waals surface area contributed by atoms with E-state index in [1.165, 1.54) is 131 Å². The summed E-state index contributed by atoms with van der Waals surface area (Å²) < 4.78 is 3.43. The van der Waals surface area contributed by atoms with Crippen molar-refractivity contribution in [1.29, 1.82) is 0 Å². The van der Waals surface area contributed by atoms with E-state index in [9.17, 15) is 0 Å². The molecule has 0 radical (unpaired) electrons. The molecule has 0 N–H and O–H groups in total. The maximum atomic E-state index is 3.67. The Hall–Kier alpha value is -2.41. The summed E-state index contributed by atoms with van der Waals surface area (Å²) in [4.78, 5) is 0. The zero-order valence-corrected chi connectivity index (χ0v) is 48.5. The van der Waals surface area contributed by atoms with Crippen LogP contribution in [-0.4, -0.2) is 7.62 Å². The molecule has 4 aromatic carbocycles. The molecule has 0 unspecified atom stereocenters. The number of allylic oxidation sites excluding steroid dienone is 8. The van der Waals surface area contributed by atoms with Crippen molar-refractivity contribution in [2.24, 2.45) is 0 Å². The molecular weight excluding hydrogens is 935 g/mol. The van der Waals surface area contributed by atoms with Crippen molar-refractivity contribution >= 4 is 7.62 Å². The van der Waals surface area contributed by atoms with E-state index in [1.807, 2.05) is 24.3 Å². The summed E-state index contributed by atoms with van der Waals surface area (Å²) in [5.74, 6) is 0. The molecule has 0 heterocycles. The zero-order valence-electron chi connectivity index (χ0n) is 43.9. The second-order valence-corrected chi connectivity index (χ2v) is 25.2. The molecular formula is C64H80Cl2Ti2-2. The van der Waals surface area contributed by atoms with E-state index < -0.39 is 0 Å². The van der Waals surface area contributed by atoms with Crippen LogP contribution in [0.3, 0.4) is 0 Å². The van der Waals surface area contributed by atoms with Gasteiger partial charge in [-0.2, -0.15) is 59.7 Å². The zero-order chi connectivity index (χ0) is 48.1. The first-order valence-electron chi connectivity index (χ1n) is 25.1. The fraction of sp³-hybridized carbons (Fsp3) is 0.469. The predicted molar refractivity (Wildman–Crippen MR) is 281 cm³/mol. The number of hydrogen-bond acceptors (Lipinski definition) is 0. The summed E-state index contributed by atoms with van der Waals surface area (Å²) in [7, 11) is 0. The Morgan fingerprint density at radius 3 is 0.985 bits per heavy atom. The van der Waals surface area contributed by atoms with Crippen LogP contribution >= 0.6 is 0 Å². The van der Waals surface area contributed by atoms with Crippen LogP contribution in [0.5, 0.6) is 0 Å². The Morgan fingerprint density at radius 1 is 0.412 bits per heavy atom. The van der Waals surface area contributed by atoms with Gasteiger partial charge < -0.3 is 24.8 Å². The van der Waals surface area contributed by atoms with Gasteiger partial charge in [0.25, 0.3) is 0 Å². The van der Waals surface area contributed by atoms with E-state index in [2.05, 4.69) is 220 Å². The van der Waals surface area contributed by atoms with Gasteiger partial charge in [0.05, 0.1) is 0 Å². The summed E-state index contributed by atoms with van der Waals surface area (Å²) in [5, 5.41) is 0. The Bertz CT molecular complexity index is 2070. The number of rotatable bonds is 0. The summed E-state index contributed by atoms with van der Waals surface area (Å²) in [6, 6.07) is 30.3. The number of benzene rings is 4. The summed E-state index contributed by atoms with van der Waals surface area (Å²) in [6.07, 6.45) is 36.4. The van der Waals surface area contributed by atoms with Crippen LogP contribution in [0.2, 0.25) is 0 Å². The topological polar surface area (TPSA) is 0 Å². The minimum atomic E-state index is 0. The molecule has 10 rings (SSSR count). The molecule has 0 saturated heterocycles. The first-order chi connectivity index (χ1) is 31.1. The van der Waals surface area contributed by atoms with E-state index in [0.29, 0.717) is 0 Å². The fourth-order valence-corrected chi connectivity index (χ4v) is 9.80. The standard InChI is InChI=1S/2C21H25.2C6H10.2C5H5.2ClH.2Ti/c2*1-20(2,3)16-7-9-18-14(12-16)11-15-13-17(21(4,5)6)8-10-19(15)18;2*1-2-4-6-5-3-1;2*1-2-4-5-3-1;;;;/h2*7-10,12H,11H2,1-6H3;2*1-5H2;2*1-3H,4H2;2*1H;;/q2*-1;;;2*-1;;;2*+2/p-2. The van der Waals surface area contributed by atoms with Crippen molar-refractivity contribution < 1.29 is 64.8 Å². The molecule has 68 heavy (non-hydrogen) atoms. The van der Waals surface area contributed by atoms with Crippen LogP contribution < -0.4 is 24.8 Å². The molecule has 6 aliphatic carbocycles. The molecule has 0 bridgehead atoms. The van der Waals surface area contributed by atoms with Crippen molar-refractivity contribution in [2.45, 2.75) is 195 Å². The molecule has 0 nitrogen and oxygen atoms in total. The van der Waals surface area contributed by atoms with Gasteiger partial charge in [0.1, 0.15) is 0 Å².